The lowest BCUT2D eigenvalue weighted by atomic mass is 10.0. The number of carbonyl (C=O) groups excluding carboxylic acids is 1. The van der Waals surface area contributed by atoms with Gasteiger partial charge in [0.05, 0.1) is 11.8 Å². The van der Waals surface area contributed by atoms with E-state index in [2.05, 4.69) is 16.3 Å². The van der Waals surface area contributed by atoms with Crippen molar-refractivity contribution in [1.82, 2.24) is 10.2 Å². The van der Waals surface area contributed by atoms with Crippen LogP contribution in [0.5, 0.6) is 0 Å². The molecule has 0 aliphatic carbocycles. The Hall–Kier alpha value is -2.10. The number of aryl methyl sites for hydroxylation is 2. The molecule has 2 aromatic rings. The van der Waals surface area contributed by atoms with E-state index in [1.807, 2.05) is 26.0 Å². The van der Waals surface area contributed by atoms with Crippen LogP contribution in [0.15, 0.2) is 24.4 Å². The zero-order chi connectivity index (χ0) is 12.4. The van der Waals surface area contributed by atoms with Crippen LogP contribution in [0.1, 0.15) is 27.0 Å². The van der Waals surface area contributed by atoms with Gasteiger partial charge < -0.3 is 5.73 Å². The van der Waals surface area contributed by atoms with Gasteiger partial charge in [-0.25, -0.2) is 0 Å². The maximum Gasteiger partial charge on any atom is 0.172 e. The van der Waals surface area contributed by atoms with Crippen molar-refractivity contribution in [3.05, 3.63) is 46.6 Å². The summed E-state index contributed by atoms with van der Waals surface area (Å²) in [6, 6.07) is 6.11. The lowest BCUT2D eigenvalue weighted by molar-refractivity contribution is 0.0994. The number of nitrogen functional groups attached to an aromatic ring is 1. The van der Waals surface area contributed by atoms with Crippen molar-refractivity contribution < 1.29 is 4.79 Å². The Labute approximate surface area is 99.8 Å². The Morgan fingerprint density at radius 1 is 1.29 bits per heavy atom. The minimum atomic E-state index is -0.0127. The van der Waals surface area contributed by atoms with Gasteiger partial charge in [0.1, 0.15) is 5.82 Å². The summed E-state index contributed by atoms with van der Waals surface area (Å²) in [6.45, 7) is 4.04. The van der Waals surface area contributed by atoms with E-state index in [4.69, 9.17) is 5.73 Å². The van der Waals surface area contributed by atoms with Gasteiger partial charge in [0.25, 0.3) is 0 Å². The first-order chi connectivity index (χ1) is 8.06. The molecule has 0 saturated heterocycles. The number of carbonyl (C=O) groups is 1. The van der Waals surface area contributed by atoms with E-state index < -0.39 is 0 Å². The predicted octanol–water partition coefficient (Wildman–Crippen LogP) is 2.03. The first kappa shape index (κ1) is 11.4. The van der Waals surface area contributed by atoms with Gasteiger partial charge in [0.15, 0.2) is 5.78 Å². The second-order valence-corrected chi connectivity index (χ2v) is 4.29. The lowest BCUT2D eigenvalue weighted by Crippen LogP contribution is -2.05. The summed E-state index contributed by atoms with van der Waals surface area (Å²) in [6.07, 6.45) is 1.83. The molecule has 0 radical (unpaired) electrons. The van der Waals surface area contributed by atoms with E-state index in [1.165, 1.54) is 6.20 Å². The number of nitrogens with two attached hydrogens (primary N) is 1. The van der Waals surface area contributed by atoms with Gasteiger partial charge in [0, 0.05) is 6.42 Å². The number of Topliss-reactive ketones (excluding diaryl/α,β-unsaturated/α-hetero) is 1. The Balaban J connectivity index is 2.21. The van der Waals surface area contributed by atoms with Crippen LogP contribution >= 0.6 is 0 Å². The summed E-state index contributed by atoms with van der Waals surface area (Å²) >= 11 is 0. The SMILES string of the molecule is Cc1cc(C)cc(CC(=O)c2cn[nH]c2N)c1. The Morgan fingerprint density at radius 3 is 2.47 bits per heavy atom. The Bertz CT molecular complexity index is 537. The Kier molecular flexibility index (Phi) is 2.95. The van der Waals surface area contributed by atoms with E-state index in [0.29, 0.717) is 17.8 Å². The summed E-state index contributed by atoms with van der Waals surface area (Å²) < 4.78 is 0. The molecule has 4 nitrogen and oxygen atoms in total. The molecule has 2 rings (SSSR count). The fourth-order valence-electron chi connectivity index (χ4n) is 1.97. The van der Waals surface area contributed by atoms with E-state index in [9.17, 15) is 4.79 Å². The molecule has 88 valence electrons. The largest absolute Gasteiger partial charge is 0.383 e. The first-order valence-electron chi connectivity index (χ1n) is 5.45. The minimum absolute atomic E-state index is 0.0127. The molecule has 0 fully saturated rings. The maximum atomic E-state index is 12.0. The van der Waals surface area contributed by atoms with Gasteiger partial charge in [-0.2, -0.15) is 5.10 Å². The third kappa shape index (κ3) is 2.53. The Morgan fingerprint density at radius 2 is 1.94 bits per heavy atom. The van der Waals surface area contributed by atoms with Gasteiger partial charge in [0.2, 0.25) is 0 Å². The normalized spacial score (nSPS) is 10.5. The summed E-state index contributed by atoms with van der Waals surface area (Å²) in [5.74, 6) is 0.320. The number of anilines is 1. The highest BCUT2D eigenvalue weighted by atomic mass is 16.1. The molecule has 0 bridgehead atoms. The fourth-order valence-corrected chi connectivity index (χ4v) is 1.97. The van der Waals surface area contributed by atoms with E-state index in [1.54, 1.807) is 0 Å². The maximum absolute atomic E-state index is 12.0. The highest BCUT2D eigenvalue weighted by Gasteiger charge is 2.12. The van der Waals surface area contributed by atoms with Crippen LogP contribution in [0.2, 0.25) is 0 Å². The molecule has 0 aliphatic rings. The van der Waals surface area contributed by atoms with Crippen LogP contribution < -0.4 is 5.73 Å². The van der Waals surface area contributed by atoms with Gasteiger partial charge in [-0.3, -0.25) is 9.89 Å². The van der Waals surface area contributed by atoms with Crippen molar-refractivity contribution >= 4 is 11.6 Å². The summed E-state index contributed by atoms with van der Waals surface area (Å²) in [7, 11) is 0. The molecule has 0 saturated carbocycles. The second-order valence-electron chi connectivity index (χ2n) is 4.29. The van der Waals surface area contributed by atoms with Gasteiger partial charge in [-0.05, 0) is 19.4 Å². The number of nitrogens with one attached hydrogen (secondary N) is 1. The first-order valence-corrected chi connectivity index (χ1v) is 5.45. The van der Waals surface area contributed by atoms with Crippen molar-refractivity contribution in [3.63, 3.8) is 0 Å². The average molecular weight is 229 g/mol. The van der Waals surface area contributed by atoms with E-state index in [-0.39, 0.29) is 5.78 Å². The quantitative estimate of drug-likeness (QED) is 0.791. The van der Waals surface area contributed by atoms with E-state index >= 15 is 0 Å². The zero-order valence-corrected chi connectivity index (χ0v) is 9.95. The molecular formula is C13H15N3O. The highest BCUT2D eigenvalue weighted by Crippen LogP contribution is 2.14. The average Bonchev–Trinajstić information content (AvgIpc) is 2.62. The molecular weight excluding hydrogens is 214 g/mol. The monoisotopic (exact) mass is 229 g/mol. The van der Waals surface area contributed by atoms with Crippen molar-refractivity contribution in [1.29, 1.82) is 0 Å². The number of hydrogen-bond donors (Lipinski definition) is 2. The number of rotatable bonds is 3. The van der Waals surface area contributed by atoms with Gasteiger partial charge in [-0.1, -0.05) is 29.3 Å². The van der Waals surface area contributed by atoms with Crippen LogP contribution in [-0.2, 0) is 6.42 Å². The molecule has 1 aromatic heterocycles. The molecule has 0 amide bonds. The summed E-state index contributed by atoms with van der Waals surface area (Å²) in [4.78, 5) is 12.0. The molecule has 0 atom stereocenters. The molecule has 3 N–H and O–H groups in total. The summed E-state index contributed by atoms with van der Waals surface area (Å²) in [5.41, 5.74) is 9.41. The molecule has 17 heavy (non-hydrogen) atoms. The topological polar surface area (TPSA) is 71.8 Å². The molecule has 0 unspecified atom stereocenters. The number of nitrogens with zero attached hydrogens (tertiary/aromatic N) is 1. The lowest BCUT2D eigenvalue weighted by Gasteiger charge is -2.04. The number of H-pyrrole nitrogens is 1. The van der Waals surface area contributed by atoms with Crippen molar-refractivity contribution in [2.24, 2.45) is 0 Å². The van der Waals surface area contributed by atoms with Crippen molar-refractivity contribution in [2.45, 2.75) is 20.3 Å². The predicted molar refractivity (Wildman–Crippen MR) is 67.0 cm³/mol. The number of aromatic nitrogens is 2. The van der Waals surface area contributed by atoms with Crippen LogP contribution in [0.25, 0.3) is 0 Å². The third-order valence-electron chi connectivity index (χ3n) is 2.62. The van der Waals surface area contributed by atoms with Gasteiger partial charge in [-0.15, -0.1) is 0 Å². The van der Waals surface area contributed by atoms with Crippen LogP contribution in [0, 0.1) is 13.8 Å². The smallest absolute Gasteiger partial charge is 0.172 e. The summed E-state index contributed by atoms with van der Waals surface area (Å²) in [5, 5.41) is 6.31. The van der Waals surface area contributed by atoms with Gasteiger partial charge >= 0.3 is 0 Å². The van der Waals surface area contributed by atoms with E-state index in [0.717, 1.165) is 16.7 Å². The molecule has 0 aliphatic heterocycles. The fraction of sp³-hybridized carbons (Fsp3) is 0.231. The molecule has 4 heteroatoms. The highest BCUT2D eigenvalue weighted by molar-refractivity contribution is 6.01. The minimum Gasteiger partial charge on any atom is -0.383 e. The third-order valence-corrected chi connectivity index (χ3v) is 2.62. The van der Waals surface area contributed by atoms with Crippen LogP contribution in [0.3, 0.4) is 0 Å². The molecule has 0 spiro atoms. The standard InChI is InChI=1S/C13H15N3O/c1-8-3-9(2)5-10(4-8)6-12(17)11-7-15-16-13(11)14/h3-5,7H,6H2,1-2H3,(H3,14,15,16). The number of benzene rings is 1. The van der Waals surface area contributed by atoms with Crippen molar-refractivity contribution in [2.75, 3.05) is 5.73 Å². The van der Waals surface area contributed by atoms with Crippen LogP contribution in [-0.4, -0.2) is 16.0 Å². The molecule has 1 heterocycles. The van der Waals surface area contributed by atoms with Crippen LogP contribution in [0.4, 0.5) is 5.82 Å². The van der Waals surface area contributed by atoms with Crippen molar-refractivity contribution in [3.8, 4) is 0 Å². The number of ketones is 1. The number of hydrogen-bond acceptors (Lipinski definition) is 3. The zero-order valence-electron chi connectivity index (χ0n) is 9.95. The second kappa shape index (κ2) is 4.41. The number of aromatic amines is 1. The molecule has 1 aromatic carbocycles.